The molecule has 0 saturated carbocycles. The Balaban J connectivity index is 1.74. The van der Waals surface area contributed by atoms with Crippen LogP contribution in [-0.4, -0.2) is 54.4 Å². The number of likely N-dealkylation sites (N-methyl/N-ethyl adjacent to an activating group) is 1. The first-order chi connectivity index (χ1) is 13.7. The van der Waals surface area contributed by atoms with E-state index in [0.717, 1.165) is 12.0 Å². The van der Waals surface area contributed by atoms with E-state index in [0.29, 0.717) is 30.3 Å². The quantitative estimate of drug-likeness (QED) is 0.776. The Bertz CT molecular complexity index is 886. The summed E-state index contributed by atoms with van der Waals surface area (Å²) in [5, 5.41) is 4.02. The topological polar surface area (TPSA) is 85.1 Å². The van der Waals surface area contributed by atoms with Crippen LogP contribution in [0.25, 0.3) is 11.3 Å². The number of hydrogen-bond acceptors (Lipinski definition) is 6. The predicted molar refractivity (Wildman–Crippen MR) is 108 cm³/mol. The molecule has 1 aromatic carbocycles. The molecule has 2 aromatic rings. The highest BCUT2D eigenvalue weighted by Crippen LogP contribution is 2.28. The summed E-state index contributed by atoms with van der Waals surface area (Å²) in [6.45, 7) is 5.91. The molecule has 2 heterocycles. The lowest BCUT2D eigenvalue weighted by Crippen LogP contribution is -2.48. The van der Waals surface area contributed by atoms with Crippen LogP contribution in [0, 0.1) is 0 Å². The number of rotatable bonds is 4. The number of aromatic nitrogens is 1. The third-order valence-electron chi connectivity index (χ3n) is 4.69. The Morgan fingerprint density at radius 3 is 2.72 bits per heavy atom. The van der Waals surface area contributed by atoms with Crippen molar-refractivity contribution in [1.29, 1.82) is 0 Å². The number of nitrogens with zero attached hydrogens (tertiary/aromatic N) is 3. The van der Waals surface area contributed by atoms with Crippen molar-refractivity contribution in [2.24, 2.45) is 0 Å². The van der Waals surface area contributed by atoms with Crippen molar-refractivity contribution in [2.75, 3.05) is 25.6 Å². The lowest BCUT2D eigenvalue weighted by Gasteiger charge is -2.29. The number of carbonyl (C=O) groups is 2. The minimum Gasteiger partial charge on any atom is -0.497 e. The van der Waals surface area contributed by atoms with Crippen LogP contribution in [0.3, 0.4) is 0 Å². The predicted octanol–water partition coefficient (Wildman–Crippen LogP) is 3.71. The molecule has 1 aliphatic rings. The molecule has 8 nitrogen and oxygen atoms in total. The summed E-state index contributed by atoms with van der Waals surface area (Å²) in [5.41, 5.74) is 0.178. The molecule has 1 aromatic heterocycles. The van der Waals surface area contributed by atoms with Gasteiger partial charge in [0.15, 0.2) is 11.6 Å². The van der Waals surface area contributed by atoms with Crippen molar-refractivity contribution in [3.05, 3.63) is 30.3 Å². The molecule has 1 saturated heterocycles. The summed E-state index contributed by atoms with van der Waals surface area (Å²) >= 11 is 0. The zero-order valence-corrected chi connectivity index (χ0v) is 17.5. The summed E-state index contributed by atoms with van der Waals surface area (Å²) in [7, 11) is 3.22. The van der Waals surface area contributed by atoms with E-state index < -0.39 is 17.7 Å². The van der Waals surface area contributed by atoms with Crippen LogP contribution in [0.1, 0.15) is 33.6 Å². The van der Waals surface area contributed by atoms with Crippen molar-refractivity contribution < 1.29 is 23.6 Å². The van der Waals surface area contributed by atoms with E-state index in [9.17, 15) is 9.59 Å². The molecule has 0 radical (unpaired) electrons. The summed E-state index contributed by atoms with van der Waals surface area (Å²) in [6.07, 6.45) is 0.861. The fourth-order valence-electron chi connectivity index (χ4n) is 3.24. The number of ether oxygens (including phenoxy) is 2. The maximum absolute atomic E-state index is 13.0. The molecule has 2 amide bonds. The highest BCUT2D eigenvalue weighted by Gasteiger charge is 2.38. The number of methoxy groups -OCH3 is 1. The third-order valence-corrected chi connectivity index (χ3v) is 4.69. The van der Waals surface area contributed by atoms with Crippen LogP contribution in [0.5, 0.6) is 5.75 Å². The number of amides is 2. The van der Waals surface area contributed by atoms with Gasteiger partial charge in [-0.1, -0.05) is 17.3 Å². The third kappa shape index (κ3) is 4.70. The number of hydrogen-bond donors (Lipinski definition) is 0. The zero-order chi connectivity index (χ0) is 21.2. The van der Waals surface area contributed by atoms with Crippen LogP contribution in [-0.2, 0) is 9.53 Å². The molecule has 0 N–H and O–H groups in total. The molecular weight excluding hydrogens is 374 g/mol. The smallest absolute Gasteiger partial charge is 0.410 e. The molecule has 156 valence electrons. The second-order valence-corrected chi connectivity index (χ2v) is 8.01. The van der Waals surface area contributed by atoms with Gasteiger partial charge in [-0.15, -0.1) is 0 Å². The first kappa shape index (κ1) is 20.7. The van der Waals surface area contributed by atoms with Gasteiger partial charge in [-0.05, 0) is 45.7 Å². The standard InChI is InChI=1S/C21H27N3O5/c1-21(2,3)28-20(26)24-11-7-10-16(24)19(25)23(4)18-13-17(29-22-18)14-8-6-9-15(12-14)27-5/h6,8-9,12-13,16H,7,10-11H2,1-5H3. The second kappa shape index (κ2) is 8.14. The normalized spacial score (nSPS) is 16.6. The molecular formula is C21H27N3O5. The molecule has 8 heteroatoms. The summed E-state index contributed by atoms with van der Waals surface area (Å²) < 4.78 is 16.1. The number of benzene rings is 1. The monoisotopic (exact) mass is 401 g/mol. The Morgan fingerprint density at radius 2 is 2.03 bits per heavy atom. The molecule has 0 bridgehead atoms. The lowest BCUT2D eigenvalue weighted by atomic mass is 10.1. The molecule has 1 aliphatic heterocycles. The highest BCUT2D eigenvalue weighted by molar-refractivity contribution is 5.98. The van der Waals surface area contributed by atoms with Gasteiger partial charge in [-0.2, -0.15) is 0 Å². The summed E-state index contributed by atoms with van der Waals surface area (Å²) in [4.78, 5) is 28.4. The molecule has 0 spiro atoms. The summed E-state index contributed by atoms with van der Waals surface area (Å²) in [5.74, 6) is 1.38. The van der Waals surface area contributed by atoms with Gasteiger partial charge >= 0.3 is 6.09 Å². The maximum atomic E-state index is 13.0. The molecule has 0 aliphatic carbocycles. The van der Waals surface area contributed by atoms with E-state index in [4.69, 9.17) is 14.0 Å². The van der Waals surface area contributed by atoms with Crippen LogP contribution >= 0.6 is 0 Å². The van der Waals surface area contributed by atoms with Crippen LogP contribution < -0.4 is 9.64 Å². The van der Waals surface area contributed by atoms with Gasteiger partial charge in [-0.3, -0.25) is 14.6 Å². The van der Waals surface area contributed by atoms with Gasteiger partial charge in [0.25, 0.3) is 5.91 Å². The Labute approximate surface area is 170 Å². The van der Waals surface area contributed by atoms with Gasteiger partial charge in [-0.25, -0.2) is 4.79 Å². The van der Waals surface area contributed by atoms with Crippen molar-refractivity contribution in [3.63, 3.8) is 0 Å². The number of likely N-dealkylation sites (tertiary alicyclic amines) is 1. The van der Waals surface area contributed by atoms with Crippen LogP contribution in [0.4, 0.5) is 10.6 Å². The zero-order valence-electron chi connectivity index (χ0n) is 17.5. The fourth-order valence-corrected chi connectivity index (χ4v) is 3.24. The van der Waals surface area contributed by atoms with Gasteiger partial charge in [0.2, 0.25) is 0 Å². The second-order valence-electron chi connectivity index (χ2n) is 8.01. The maximum Gasteiger partial charge on any atom is 0.410 e. The highest BCUT2D eigenvalue weighted by atomic mass is 16.6. The average Bonchev–Trinajstić information content (AvgIpc) is 3.35. The average molecular weight is 401 g/mol. The fraction of sp³-hybridized carbons (Fsp3) is 0.476. The SMILES string of the molecule is COc1cccc(-c2cc(N(C)C(=O)C3CCCN3C(=O)OC(C)(C)C)no2)c1. The van der Waals surface area contributed by atoms with Crippen molar-refractivity contribution in [2.45, 2.75) is 45.3 Å². The van der Waals surface area contributed by atoms with Crippen molar-refractivity contribution >= 4 is 17.8 Å². The molecule has 29 heavy (non-hydrogen) atoms. The van der Waals surface area contributed by atoms with E-state index in [1.54, 1.807) is 41.0 Å². The minimum atomic E-state index is -0.614. The first-order valence-electron chi connectivity index (χ1n) is 9.58. The number of carbonyl (C=O) groups excluding carboxylic acids is 2. The van der Waals surface area contributed by atoms with E-state index in [2.05, 4.69) is 5.16 Å². The van der Waals surface area contributed by atoms with E-state index in [1.165, 1.54) is 9.80 Å². The van der Waals surface area contributed by atoms with E-state index in [-0.39, 0.29) is 5.91 Å². The van der Waals surface area contributed by atoms with Crippen molar-refractivity contribution in [3.8, 4) is 17.1 Å². The molecule has 1 atom stereocenters. The van der Waals surface area contributed by atoms with Gasteiger partial charge in [0, 0.05) is 25.2 Å². The minimum absolute atomic E-state index is 0.223. The molecule has 1 fully saturated rings. The van der Waals surface area contributed by atoms with E-state index in [1.807, 2.05) is 24.3 Å². The van der Waals surface area contributed by atoms with Gasteiger partial charge < -0.3 is 14.0 Å². The van der Waals surface area contributed by atoms with Crippen molar-refractivity contribution in [1.82, 2.24) is 10.1 Å². The molecule has 1 unspecified atom stereocenters. The lowest BCUT2D eigenvalue weighted by molar-refractivity contribution is -0.122. The van der Waals surface area contributed by atoms with Crippen LogP contribution in [0.15, 0.2) is 34.9 Å². The largest absolute Gasteiger partial charge is 0.497 e. The van der Waals surface area contributed by atoms with E-state index >= 15 is 0 Å². The summed E-state index contributed by atoms with van der Waals surface area (Å²) in [6, 6.07) is 8.50. The molecule has 3 rings (SSSR count). The van der Waals surface area contributed by atoms with Gasteiger partial charge in [0.05, 0.1) is 7.11 Å². The van der Waals surface area contributed by atoms with Gasteiger partial charge in [0.1, 0.15) is 17.4 Å². The first-order valence-corrected chi connectivity index (χ1v) is 9.58. The Morgan fingerprint density at radius 1 is 1.28 bits per heavy atom. The Hall–Kier alpha value is -3.03. The van der Waals surface area contributed by atoms with Crippen LogP contribution in [0.2, 0.25) is 0 Å². The number of anilines is 1. The Kier molecular flexibility index (Phi) is 5.81.